The van der Waals surface area contributed by atoms with Gasteiger partial charge < -0.3 is 24.4 Å². The van der Waals surface area contributed by atoms with Gasteiger partial charge in [0.2, 0.25) is 7.67 Å². The van der Waals surface area contributed by atoms with E-state index in [1.807, 2.05) is 13.8 Å². The molecule has 2 heterocycles. The summed E-state index contributed by atoms with van der Waals surface area (Å²) in [5, 5.41) is 15.1. The smallest absolute Gasteiger partial charge is 0.210 e. The quantitative estimate of drug-likeness (QED) is 0.384. The van der Waals surface area contributed by atoms with E-state index in [9.17, 15) is 5.11 Å². The van der Waals surface area contributed by atoms with Gasteiger partial charge in [0.25, 0.3) is 0 Å². The van der Waals surface area contributed by atoms with Gasteiger partial charge in [-0.3, -0.25) is 0 Å². The van der Waals surface area contributed by atoms with Gasteiger partial charge in [-0.2, -0.15) is 9.12 Å². The molecule has 25 heavy (non-hydrogen) atoms. The number of aliphatic hydroxyl groups is 2. The van der Waals surface area contributed by atoms with Crippen LogP contribution in [0.5, 0.6) is 0 Å². The second-order valence-electron chi connectivity index (χ2n) is 7.43. The molecule has 0 aromatic rings. The first kappa shape index (κ1) is 20.4. The van der Waals surface area contributed by atoms with E-state index < -0.39 is 12.2 Å². The summed E-state index contributed by atoms with van der Waals surface area (Å²) in [6, 6.07) is 0. The maximum atomic E-state index is 10.6. The van der Waals surface area contributed by atoms with Crippen LogP contribution < -0.4 is 0 Å². The zero-order valence-corrected chi connectivity index (χ0v) is 18.2. The van der Waals surface area contributed by atoms with Gasteiger partial charge in [-0.25, -0.2) is 12.5 Å². The molecule has 0 aliphatic carbocycles. The topological polar surface area (TPSA) is 68.2 Å². The van der Waals surface area contributed by atoms with Gasteiger partial charge in [0, 0.05) is 11.8 Å². The van der Waals surface area contributed by atoms with Crippen molar-refractivity contribution in [1.82, 2.24) is 0 Å². The molecule has 11 atom stereocenters. The lowest BCUT2D eigenvalue weighted by Gasteiger charge is -2.47. The van der Waals surface area contributed by atoms with Gasteiger partial charge in [-0.05, 0) is 27.0 Å². The molecule has 2 aliphatic heterocycles. The Morgan fingerprint density at radius 1 is 1.12 bits per heavy atom. The monoisotopic (exact) mass is 397 g/mol. The van der Waals surface area contributed by atoms with Crippen LogP contribution in [0, 0.1) is 23.7 Å². The third kappa shape index (κ3) is 5.81. The van der Waals surface area contributed by atoms with E-state index in [1.165, 1.54) is 0 Å². The van der Waals surface area contributed by atoms with Crippen LogP contribution in [0.4, 0.5) is 0 Å². The normalized spacial score (nSPS) is 48.7. The average molecular weight is 397 g/mol. The minimum Gasteiger partial charge on any atom is -0.394 e. The van der Waals surface area contributed by atoms with E-state index in [2.05, 4.69) is 54.4 Å². The molecule has 2 aliphatic rings. The highest BCUT2D eigenvalue weighted by atomic mass is 32.1. The number of rotatable bonds is 4. The summed E-state index contributed by atoms with van der Waals surface area (Å²) in [7, 11) is 2.19. The predicted octanol–water partition coefficient (Wildman–Crippen LogP) is 1.86. The van der Waals surface area contributed by atoms with Crippen LogP contribution in [0.15, 0.2) is 0 Å². The van der Waals surface area contributed by atoms with Crippen molar-refractivity contribution in [3.05, 3.63) is 0 Å². The molecule has 5 nitrogen and oxygen atoms in total. The fourth-order valence-electron chi connectivity index (χ4n) is 3.58. The number of thiol groups is 1. The van der Waals surface area contributed by atoms with Crippen LogP contribution in [-0.2, 0) is 14.2 Å². The second kappa shape index (κ2) is 10.8. The fourth-order valence-corrected chi connectivity index (χ4v) is 3.58. The maximum Gasteiger partial charge on any atom is 0.210 e. The van der Waals surface area contributed by atoms with Crippen molar-refractivity contribution < 1.29 is 24.4 Å². The molecule has 0 aromatic carbocycles. The Morgan fingerprint density at radius 2 is 1.72 bits per heavy atom. The molecule has 0 amide bonds. The summed E-state index contributed by atoms with van der Waals surface area (Å²) in [5.41, 5.74) is 0. The van der Waals surface area contributed by atoms with Gasteiger partial charge in [0.15, 0.2) is 6.29 Å². The van der Waals surface area contributed by atoms with Gasteiger partial charge in [-0.1, -0.05) is 27.7 Å². The fraction of sp³-hybridized carbons (Fsp3) is 1.00. The molecule has 2 saturated heterocycles. The van der Waals surface area contributed by atoms with Gasteiger partial charge in [-0.15, -0.1) is 0 Å². The minimum atomic E-state index is -0.667. The first-order valence-corrected chi connectivity index (χ1v) is 10.3. The molecule has 2 rings (SSSR count). The highest BCUT2D eigenvalue weighted by Crippen LogP contribution is 2.37. The molecular weight excluding hydrogens is 358 g/mol. The van der Waals surface area contributed by atoms with Gasteiger partial charge >= 0.3 is 0 Å². The Kier molecular flexibility index (Phi) is 8.84. The van der Waals surface area contributed by atoms with E-state index in [4.69, 9.17) is 17.0 Å². The molecule has 0 spiro atoms. The van der Waals surface area contributed by atoms with Crippen molar-refractivity contribution in [2.45, 2.75) is 78.4 Å². The van der Waals surface area contributed by atoms with Crippen LogP contribution in [0.3, 0.4) is 0 Å². The van der Waals surface area contributed by atoms with E-state index in [-0.39, 0.29) is 49.3 Å². The molecule has 0 saturated carbocycles. The number of ether oxygens (including phenoxy) is 3. The Balaban J connectivity index is 0.000000828. The summed E-state index contributed by atoms with van der Waals surface area (Å²) < 4.78 is 31.4. The number of hydrogen-bond donors (Lipinski definition) is 3. The first-order valence-electron chi connectivity index (χ1n) is 10.1. The van der Waals surface area contributed by atoms with Crippen molar-refractivity contribution >= 4 is 27.8 Å². The van der Waals surface area contributed by atoms with Gasteiger partial charge in [0.05, 0.1) is 31.0 Å². The average Bonchev–Trinajstić information content (AvgIpc) is 2.58. The largest absolute Gasteiger partial charge is 0.394 e. The van der Waals surface area contributed by atoms with E-state index in [1.54, 1.807) is 0 Å². The summed E-state index contributed by atoms with van der Waals surface area (Å²) in [4.78, 5) is 0. The minimum absolute atomic E-state index is 0.130. The Hall–Kier alpha value is 0.645. The van der Waals surface area contributed by atoms with Crippen LogP contribution in [0.25, 0.3) is 0 Å². The van der Waals surface area contributed by atoms with Crippen molar-refractivity contribution in [3.8, 4) is 0 Å². The SMILES string of the molecule is [2H]B(P)S.[3H]OCC1OC(C)C(OC2OC(C)C(C)C(C)C2C)C(O)C1C. The maximum absolute atomic E-state index is 10.6. The van der Waals surface area contributed by atoms with Crippen LogP contribution in [0.1, 0.15) is 41.5 Å². The molecule has 0 radical (unpaired) electrons. The van der Waals surface area contributed by atoms with Crippen molar-refractivity contribution in [2.24, 2.45) is 23.7 Å². The number of hydrogen-bond acceptors (Lipinski definition) is 6. The molecule has 0 bridgehead atoms. The third-order valence-corrected chi connectivity index (χ3v) is 5.95. The zero-order valence-electron chi connectivity index (χ0n) is 18.2. The standard InChI is InChI=1S/C17H32O5.BH4PS/c1-8-9(2)12(5)21-17(10(8)3)22-16-13(6)20-14(7-18)11(4)15(16)19;2-1-3/h8-19H,7H2,1-6H3;1,3H,2H2/i18T;1D. The molecule has 0 aromatic heterocycles. The lowest BCUT2D eigenvalue weighted by molar-refractivity contribution is -0.305. The molecule has 8 heteroatoms. The molecule has 148 valence electrons. The van der Waals surface area contributed by atoms with Crippen molar-refractivity contribution in [3.63, 3.8) is 0 Å². The molecular formula is C17H36BO5PS. The first-order chi connectivity index (χ1) is 12.5. The number of aliphatic hydroxyl groups excluding tert-OH is 2. The van der Waals surface area contributed by atoms with Crippen molar-refractivity contribution in [1.29, 1.82) is 2.77 Å². The van der Waals surface area contributed by atoms with E-state index in [0.717, 1.165) is 0 Å². The van der Waals surface area contributed by atoms with E-state index in [0.29, 0.717) is 11.8 Å². The Morgan fingerprint density at radius 3 is 2.28 bits per heavy atom. The Labute approximate surface area is 164 Å². The third-order valence-electron chi connectivity index (χ3n) is 5.95. The highest BCUT2D eigenvalue weighted by Gasteiger charge is 2.45. The summed E-state index contributed by atoms with van der Waals surface area (Å²) in [5.74, 6) is 1.06. The predicted molar refractivity (Wildman–Crippen MR) is 109 cm³/mol. The van der Waals surface area contributed by atoms with Crippen molar-refractivity contribution in [2.75, 3.05) is 6.61 Å². The second-order valence-corrected chi connectivity index (χ2v) is 8.63. The summed E-state index contributed by atoms with van der Waals surface area (Å²) in [6.45, 7) is 12.6. The zero-order chi connectivity index (χ0) is 20.9. The van der Waals surface area contributed by atoms with E-state index >= 15 is 0 Å². The molecule has 2 fully saturated rings. The summed E-state index contributed by atoms with van der Waals surface area (Å²) in [6.07, 6.45) is -2.18. The molecule has 2 N–H and O–H groups in total. The Bertz CT molecular complexity index is 439. The highest BCUT2D eigenvalue weighted by molar-refractivity contribution is 8.20. The van der Waals surface area contributed by atoms with Crippen LogP contribution in [0.2, 0.25) is 0 Å². The van der Waals surface area contributed by atoms with Gasteiger partial charge in [0.1, 0.15) is 6.10 Å². The van der Waals surface area contributed by atoms with Crippen LogP contribution in [-0.4, -0.2) is 62.6 Å². The lowest BCUT2D eigenvalue weighted by Crippen LogP contribution is -2.57. The summed E-state index contributed by atoms with van der Waals surface area (Å²) >= 11 is 3.60. The molecule has 11 unspecified atom stereocenters. The van der Waals surface area contributed by atoms with Crippen LogP contribution >= 0.6 is 21.6 Å². The lowest BCUT2D eigenvalue weighted by atomic mass is 9.79.